The number of piperazine rings is 1. The minimum atomic E-state index is -0.705. The van der Waals surface area contributed by atoms with Crippen LogP contribution in [0.5, 0.6) is 0 Å². The van der Waals surface area contributed by atoms with Gasteiger partial charge in [-0.15, -0.1) is 0 Å². The van der Waals surface area contributed by atoms with E-state index in [9.17, 15) is 4.79 Å². The Balaban J connectivity index is 2.40. The number of aliphatic carboxylic acids is 1. The highest BCUT2D eigenvalue weighted by molar-refractivity contribution is 5.69. The summed E-state index contributed by atoms with van der Waals surface area (Å²) >= 11 is 0. The molecule has 82 valence electrons. The van der Waals surface area contributed by atoms with Crippen molar-refractivity contribution >= 4 is 5.97 Å². The van der Waals surface area contributed by atoms with Gasteiger partial charge in [-0.1, -0.05) is 6.92 Å². The van der Waals surface area contributed by atoms with Crippen LogP contribution in [0.2, 0.25) is 0 Å². The van der Waals surface area contributed by atoms with Crippen LogP contribution >= 0.6 is 0 Å². The van der Waals surface area contributed by atoms with E-state index in [-0.39, 0.29) is 5.92 Å². The smallest absolute Gasteiger partial charge is 0.307 e. The van der Waals surface area contributed by atoms with Crippen molar-refractivity contribution in [3.05, 3.63) is 0 Å². The molecule has 3 atom stereocenters. The Bertz CT molecular complexity index is 198. The largest absolute Gasteiger partial charge is 0.481 e. The lowest BCUT2D eigenvalue weighted by atomic mass is 10.1. The van der Waals surface area contributed by atoms with Crippen molar-refractivity contribution in [3.63, 3.8) is 0 Å². The Morgan fingerprint density at radius 1 is 1.50 bits per heavy atom. The molecule has 4 nitrogen and oxygen atoms in total. The van der Waals surface area contributed by atoms with Gasteiger partial charge in [-0.2, -0.15) is 0 Å². The Morgan fingerprint density at radius 2 is 2.00 bits per heavy atom. The van der Waals surface area contributed by atoms with Crippen LogP contribution in [0.25, 0.3) is 0 Å². The predicted octanol–water partition coefficient (Wildman–Crippen LogP) is 0.389. The van der Waals surface area contributed by atoms with Crippen molar-refractivity contribution < 1.29 is 9.90 Å². The number of nitrogens with zero attached hydrogens (tertiary/aromatic N) is 1. The third kappa shape index (κ3) is 3.27. The van der Waals surface area contributed by atoms with Crippen molar-refractivity contribution in [3.8, 4) is 0 Å². The zero-order chi connectivity index (χ0) is 10.7. The van der Waals surface area contributed by atoms with E-state index in [1.165, 1.54) is 0 Å². The molecule has 14 heavy (non-hydrogen) atoms. The molecule has 1 aliphatic heterocycles. The molecule has 4 heteroatoms. The lowest BCUT2D eigenvalue weighted by Gasteiger charge is -2.36. The van der Waals surface area contributed by atoms with Gasteiger partial charge in [0.05, 0.1) is 5.92 Å². The zero-order valence-electron chi connectivity index (χ0n) is 9.16. The van der Waals surface area contributed by atoms with E-state index in [0.29, 0.717) is 18.6 Å². The highest BCUT2D eigenvalue weighted by atomic mass is 16.4. The second-order valence-electron chi connectivity index (χ2n) is 4.43. The number of nitrogens with one attached hydrogen (secondary N) is 1. The molecule has 1 heterocycles. The highest BCUT2D eigenvalue weighted by Crippen LogP contribution is 2.07. The molecule has 0 saturated carbocycles. The SMILES string of the molecule is CC(CN1C[C@@H](C)N[C@@H](C)C1)C(=O)O. The molecular formula is C10H20N2O2. The summed E-state index contributed by atoms with van der Waals surface area (Å²) in [5, 5.41) is 12.2. The molecule has 0 aromatic rings. The zero-order valence-corrected chi connectivity index (χ0v) is 9.16. The Kier molecular flexibility index (Phi) is 3.89. The molecule has 1 saturated heterocycles. The third-order valence-corrected chi connectivity index (χ3v) is 2.59. The van der Waals surface area contributed by atoms with Crippen molar-refractivity contribution in [2.45, 2.75) is 32.9 Å². The maximum Gasteiger partial charge on any atom is 0.307 e. The van der Waals surface area contributed by atoms with Gasteiger partial charge < -0.3 is 10.4 Å². The van der Waals surface area contributed by atoms with E-state index in [0.717, 1.165) is 13.1 Å². The van der Waals surface area contributed by atoms with Gasteiger partial charge in [0.25, 0.3) is 0 Å². The second kappa shape index (κ2) is 4.75. The van der Waals surface area contributed by atoms with Crippen LogP contribution in [0.3, 0.4) is 0 Å². The number of hydrogen-bond donors (Lipinski definition) is 2. The third-order valence-electron chi connectivity index (χ3n) is 2.59. The molecule has 0 aliphatic carbocycles. The average molecular weight is 200 g/mol. The maximum atomic E-state index is 10.7. The lowest BCUT2D eigenvalue weighted by Crippen LogP contribution is -2.55. The van der Waals surface area contributed by atoms with Gasteiger partial charge in [0.2, 0.25) is 0 Å². The summed E-state index contributed by atoms with van der Waals surface area (Å²) < 4.78 is 0. The second-order valence-corrected chi connectivity index (χ2v) is 4.43. The van der Waals surface area contributed by atoms with Gasteiger partial charge in [-0.25, -0.2) is 0 Å². The monoisotopic (exact) mass is 200 g/mol. The number of carbonyl (C=O) groups is 1. The first kappa shape index (κ1) is 11.5. The first-order valence-electron chi connectivity index (χ1n) is 5.20. The van der Waals surface area contributed by atoms with Gasteiger partial charge in [0, 0.05) is 31.7 Å². The summed E-state index contributed by atoms with van der Waals surface area (Å²) in [6.07, 6.45) is 0. The fourth-order valence-electron chi connectivity index (χ4n) is 2.05. The summed E-state index contributed by atoms with van der Waals surface area (Å²) in [7, 11) is 0. The van der Waals surface area contributed by atoms with Crippen LogP contribution in [0.1, 0.15) is 20.8 Å². The van der Waals surface area contributed by atoms with E-state index in [4.69, 9.17) is 5.11 Å². The first-order chi connectivity index (χ1) is 6.49. The Labute approximate surface area is 85.3 Å². The average Bonchev–Trinajstić information content (AvgIpc) is 2.01. The van der Waals surface area contributed by atoms with E-state index in [1.807, 2.05) is 0 Å². The lowest BCUT2D eigenvalue weighted by molar-refractivity contribution is -0.141. The standard InChI is InChI=1S/C10H20N2O2/c1-7(10(13)14)4-12-5-8(2)11-9(3)6-12/h7-9,11H,4-6H2,1-3H3,(H,13,14)/t7?,8-,9+. The topological polar surface area (TPSA) is 52.6 Å². The summed E-state index contributed by atoms with van der Waals surface area (Å²) in [6, 6.07) is 0.916. The quantitative estimate of drug-likeness (QED) is 0.692. The minimum absolute atomic E-state index is 0.271. The molecule has 0 spiro atoms. The fraction of sp³-hybridized carbons (Fsp3) is 0.900. The normalized spacial score (nSPS) is 31.4. The van der Waals surface area contributed by atoms with Crippen LogP contribution in [0.15, 0.2) is 0 Å². The molecule has 0 aromatic carbocycles. The molecule has 0 bridgehead atoms. The van der Waals surface area contributed by atoms with Gasteiger partial charge >= 0.3 is 5.97 Å². The predicted molar refractivity (Wildman–Crippen MR) is 55.3 cm³/mol. The molecular weight excluding hydrogens is 180 g/mol. The molecule has 0 radical (unpaired) electrons. The van der Waals surface area contributed by atoms with Gasteiger partial charge in [-0.05, 0) is 13.8 Å². The van der Waals surface area contributed by atoms with Crippen molar-refractivity contribution in [2.24, 2.45) is 5.92 Å². The highest BCUT2D eigenvalue weighted by Gasteiger charge is 2.23. The maximum absolute atomic E-state index is 10.7. The van der Waals surface area contributed by atoms with Crippen molar-refractivity contribution in [1.82, 2.24) is 10.2 Å². The number of carboxylic acid groups (broad SMARTS) is 1. The van der Waals surface area contributed by atoms with Gasteiger partial charge in [0.15, 0.2) is 0 Å². The minimum Gasteiger partial charge on any atom is -0.481 e. The summed E-state index contributed by atoms with van der Waals surface area (Å²) in [5.74, 6) is -0.976. The van der Waals surface area contributed by atoms with Gasteiger partial charge in [0.1, 0.15) is 0 Å². The van der Waals surface area contributed by atoms with Crippen LogP contribution in [0.4, 0.5) is 0 Å². The van der Waals surface area contributed by atoms with Crippen LogP contribution in [-0.4, -0.2) is 47.7 Å². The van der Waals surface area contributed by atoms with Gasteiger partial charge in [-0.3, -0.25) is 9.69 Å². The summed E-state index contributed by atoms with van der Waals surface area (Å²) in [5.41, 5.74) is 0. The molecule has 0 amide bonds. The molecule has 2 N–H and O–H groups in total. The Hall–Kier alpha value is -0.610. The van der Waals surface area contributed by atoms with Crippen LogP contribution in [-0.2, 0) is 4.79 Å². The number of carboxylic acids is 1. The molecule has 0 aromatic heterocycles. The Morgan fingerprint density at radius 3 is 2.43 bits per heavy atom. The summed E-state index contributed by atoms with van der Waals surface area (Å²) in [6.45, 7) is 8.58. The summed E-state index contributed by atoms with van der Waals surface area (Å²) in [4.78, 5) is 12.9. The van der Waals surface area contributed by atoms with Crippen LogP contribution < -0.4 is 5.32 Å². The number of rotatable bonds is 3. The first-order valence-corrected chi connectivity index (χ1v) is 5.20. The van der Waals surface area contributed by atoms with E-state index >= 15 is 0 Å². The fourth-order valence-corrected chi connectivity index (χ4v) is 2.05. The van der Waals surface area contributed by atoms with E-state index < -0.39 is 5.97 Å². The van der Waals surface area contributed by atoms with E-state index in [1.54, 1.807) is 6.92 Å². The van der Waals surface area contributed by atoms with Crippen molar-refractivity contribution in [1.29, 1.82) is 0 Å². The van der Waals surface area contributed by atoms with Crippen LogP contribution in [0, 0.1) is 5.92 Å². The molecule has 1 fully saturated rings. The number of hydrogen-bond acceptors (Lipinski definition) is 3. The molecule has 1 aliphatic rings. The van der Waals surface area contributed by atoms with E-state index in [2.05, 4.69) is 24.1 Å². The molecule has 1 unspecified atom stereocenters. The van der Waals surface area contributed by atoms with Crippen molar-refractivity contribution in [2.75, 3.05) is 19.6 Å². The molecule has 1 rings (SSSR count).